The van der Waals surface area contributed by atoms with Gasteiger partial charge in [-0.1, -0.05) is 0 Å². The van der Waals surface area contributed by atoms with E-state index >= 15 is 0 Å². The second-order valence-corrected chi connectivity index (χ2v) is 5.60. The topological polar surface area (TPSA) is 77.0 Å². The first-order valence-electron chi connectivity index (χ1n) is 7.88. The molecule has 0 unspecified atom stereocenters. The zero-order chi connectivity index (χ0) is 17.5. The molecule has 0 radical (unpaired) electrons. The fraction of sp³-hybridized carbons (Fsp3) is 0.588. The summed E-state index contributed by atoms with van der Waals surface area (Å²) in [5.74, 6) is 1.11. The molecule has 1 aromatic rings. The van der Waals surface area contributed by atoms with Crippen LogP contribution in [0.4, 0.5) is 0 Å². The fourth-order valence-electron chi connectivity index (χ4n) is 1.94. The maximum atomic E-state index is 12.4. The molecule has 6 nitrogen and oxygen atoms in total. The summed E-state index contributed by atoms with van der Waals surface area (Å²) >= 11 is 0. The van der Waals surface area contributed by atoms with Crippen molar-refractivity contribution in [2.75, 3.05) is 26.4 Å². The Labute approximate surface area is 137 Å². The summed E-state index contributed by atoms with van der Waals surface area (Å²) in [7, 11) is 0. The summed E-state index contributed by atoms with van der Waals surface area (Å²) < 4.78 is 16.8. The lowest BCUT2D eigenvalue weighted by Crippen LogP contribution is -2.46. The highest BCUT2D eigenvalue weighted by molar-refractivity contribution is 5.96. The molecule has 0 bridgehead atoms. The lowest BCUT2D eigenvalue weighted by molar-refractivity contribution is 0.0868. The zero-order valence-electron chi connectivity index (χ0n) is 14.6. The van der Waals surface area contributed by atoms with Crippen molar-refractivity contribution in [3.8, 4) is 17.2 Å². The molecule has 1 aromatic carbocycles. The number of hydrogen-bond donors (Lipinski definition) is 2. The molecule has 0 aliphatic carbocycles. The lowest BCUT2D eigenvalue weighted by Gasteiger charge is -2.24. The first-order chi connectivity index (χ1) is 10.9. The Bertz CT molecular complexity index is 501. The van der Waals surface area contributed by atoms with E-state index in [-0.39, 0.29) is 12.5 Å². The maximum Gasteiger partial charge on any atom is 0.252 e. The molecule has 1 rings (SSSR count). The van der Waals surface area contributed by atoms with Crippen LogP contribution in [0.3, 0.4) is 0 Å². The Balaban J connectivity index is 3.24. The van der Waals surface area contributed by atoms with Crippen molar-refractivity contribution in [1.29, 1.82) is 0 Å². The zero-order valence-corrected chi connectivity index (χ0v) is 14.6. The van der Waals surface area contributed by atoms with Gasteiger partial charge in [0.05, 0.1) is 32.0 Å². The summed E-state index contributed by atoms with van der Waals surface area (Å²) in [4.78, 5) is 12.4. The van der Waals surface area contributed by atoms with Crippen LogP contribution in [0.15, 0.2) is 12.1 Å². The molecule has 0 atom stereocenters. The Kier molecular flexibility index (Phi) is 7.16. The normalized spacial score (nSPS) is 11.0. The number of hydrogen-bond acceptors (Lipinski definition) is 5. The Morgan fingerprint density at radius 3 is 1.91 bits per heavy atom. The van der Waals surface area contributed by atoms with Crippen LogP contribution in [0.2, 0.25) is 0 Å². The van der Waals surface area contributed by atoms with Gasteiger partial charge in [0.15, 0.2) is 11.5 Å². The van der Waals surface area contributed by atoms with E-state index in [0.29, 0.717) is 42.6 Å². The van der Waals surface area contributed by atoms with Gasteiger partial charge >= 0.3 is 0 Å². The summed E-state index contributed by atoms with van der Waals surface area (Å²) in [6.07, 6.45) is 0. The second kappa shape index (κ2) is 8.62. The quantitative estimate of drug-likeness (QED) is 0.729. The smallest absolute Gasteiger partial charge is 0.252 e. The summed E-state index contributed by atoms with van der Waals surface area (Å²) in [6.45, 7) is 10.3. The van der Waals surface area contributed by atoms with Crippen molar-refractivity contribution in [2.45, 2.75) is 40.2 Å². The number of carbonyl (C=O) groups excluding carboxylic acids is 1. The van der Waals surface area contributed by atoms with Gasteiger partial charge < -0.3 is 24.6 Å². The Morgan fingerprint density at radius 2 is 1.52 bits per heavy atom. The number of rotatable bonds is 9. The van der Waals surface area contributed by atoms with Crippen molar-refractivity contribution >= 4 is 5.91 Å². The molecule has 0 spiro atoms. The van der Waals surface area contributed by atoms with Crippen LogP contribution in [0, 0.1) is 0 Å². The largest absolute Gasteiger partial charge is 0.490 e. The average Bonchev–Trinajstić information content (AvgIpc) is 2.50. The second-order valence-electron chi connectivity index (χ2n) is 5.60. The number of ether oxygens (including phenoxy) is 3. The van der Waals surface area contributed by atoms with Crippen LogP contribution < -0.4 is 19.5 Å². The van der Waals surface area contributed by atoms with Crippen molar-refractivity contribution in [3.63, 3.8) is 0 Å². The molecule has 0 aliphatic rings. The molecule has 6 heteroatoms. The molecular weight excluding hydrogens is 298 g/mol. The van der Waals surface area contributed by atoms with Crippen LogP contribution in [0.1, 0.15) is 45.0 Å². The molecule has 130 valence electrons. The summed E-state index contributed by atoms with van der Waals surface area (Å²) in [6, 6.07) is 3.25. The van der Waals surface area contributed by atoms with Gasteiger partial charge in [0.2, 0.25) is 5.75 Å². The van der Waals surface area contributed by atoms with Crippen molar-refractivity contribution in [2.24, 2.45) is 0 Å². The van der Waals surface area contributed by atoms with Crippen LogP contribution in [0.25, 0.3) is 0 Å². The third-order valence-corrected chi connectivity index (χ3v) is 3.02. The minimum Gasteiger partial charge on any atom is -0.490 e. The molecule has 1 amide bonds. The minimum atomic E-state index is -0.715. The van der Waals surface area contributed by atoms with Crippen LogP contribution in [-0.2, 0) is 0 Å². The fourth-order valence-corrected chi connectivity index (χ4v) is 1.94. The lowest BCUT2D eigenvalue weighted by atomic mass is 10.1. The molecular formula is C17H27NO5. The van der Waals surface area contributed by atoms with Crippen LogP contribution in [0.5, 0.6) is 17.2 Å². The highest BCUT2D eigenvalue weighted by Crippen LogP contribution is 2.39. The van der Waals surface area contributed by atoms with Crippen LogP contribution >= 0.6 is 0 Å². The molecule has 0 saturated heterocycles. The standard InChI is InChI=1S/C17H27NO5/c1-6-21-13-9-12(16(20)18-17(4,5)11-19)10-14(22-7-2)15(13)23-8-3/h9-10,19H,6-8,11H2,1-5H3,(H,18,20). The molecule has 2 N–H and O–H groups in total. The molecule has 0 aliphatic heterocycles. The van der Waals surface area contributed by atoms with E-state index in [9.17, 15) is 9.90 Å². The predicted molar refractivity (Wildman–Crippen MR) is 88.6 cm³/mol. The summed E-state index contributed by atoms with van der Waals surface area (Å²) in [5, 5.41) is 12.1. The first kappa shape index (κ1) is 19.1. The van der Waals surface area contributed by atoms with E-state index in [1.165, 1.54) is 0 Å². The van der Waals surface area contributed by atoms with E-state index in [4.69, 9.17) is 14.2 Å². The van der Waals surface area contributed by atoms with Crippen molar-refractivity contribution < 1.29 is 24.1 Å². The monoisotopic (exact) mass is 325 g/mol. The summed E-state index contributed by atoms with van der Waals surface area (Å²) in [5.41, 5.74) is -0.324. The van der Waals surface area contributed by atoms with Crippen molar-refractivity contribution in [1.82, 2.24) is 5.32 Å². The van der Waals surface area contributed by atoms with E-state index in [1.54, 1.807) is 26.0 Å². The van der Waals surface area contributed by atoms with Gasteiger partial charge in [0, 0.05) is 5.56 Å². The molecule has 0 saturated carbocycles. The van der Waals surface area contributed by atoms with Crippen molar-refractivity contribution in [3.05, 3.63) is 17.7 Å². The molecule has 0 heterocycles. The third-order valence-electron chi connectivity index (χ3n) is 3.02. The Morgan fingerprint density at radius 1 is 1.04 bits per heavy atom. The number of amides is 1. The molecule has 23 heavy (non-hydrogen) atoms. The third kappa shape index (κ3) is 5.32. The van der Waals surface area contributed by atoms with E-state index in [2.05, 4.69) is 5.32 Å². The Hall–Kier alpha value is -1.95. The van der Waals surface area contributed by atoms with Gasteiger partial charge in [-0.2, -0.15) is 0 Å². The average molecular weight is 325 g/mol. The van der Waals surface area contributed by atoms with Gasteiger partial charge in [-0.15, -0.1) is 0 Å². The minimum absolute atomic E-state index is 0.160. The van der Waals surface area contributed by atoms with E-state index in [1.807, 2.05) is 20.8 Å². The number of carbonyl (C=O) groups is 1. The number of benzene rings is 1. The van der Waals surface area contributed by atoms with Gasteiger partial charge in [0.1, 0.15) is 0 Å². The van der Waals surface area contributed by atoms with Gasteiger partial charge in [0.25, 0.3) is 5.91 Å². The molecule has 0 fully saturated rings. The SMILES string of the molecule is CCOc1cc(C(=O)NC(C)(C)CO)cc(OCC)c1OCC. The number of nitrogens with one attached hydrogen (secondary N) is 1. The highest BCUT2D eigenvalue weighted by atomic mass is 16.5. The highest BCUT2D eigenvalue weighted by Gasteiger charge is 2.23. The first-order valence-corrected chi connectivity index (χ1v) is 7.88. The maximum absolute atomic E-state index is 12.4. The predicted octanol–water partition coefficient (Wildman–Crippen LogP) is 2.38. The number of aliphatic hydroxyl groups excluding tert-OH is 1. The van der Waals surface area contributed by atoms with Gasteiger partial charge in [-0.25, -0.2) is 0 Å². The van der Waals surface area contributed by atoms with E-state index in [0.717, 1.165) is 0 Å². The molecule has 0 aromatic heterocycles. The van der Waals surface area contributed by atoms with E-state index < -0.39 is 5.54 Å². The van der Waals surface area contributed by atoms with Crippen LogP contribution in [-0.4, -0.2) is 43.0 Å². The van der Waals surface area contributed by atoms with Gasteiger partial charge in [-0.3, -0.25) is 4.79 Å². The number of aliphatic hydroxyl groups is 1. The van der Waals surface area contributed by atoms with Gasteiger partial charge in [-0.05, 0) is 46.8 Å².